The van der Waals surface area contributed by atoms with Gasteiger partial charge < -0.3 is 0 Å². The molecule has 0 spiro atoms. The highest BCUT2D eigenvalue weighted by atomic mass is 14.2. The molecule has 1 aromatic rings. The standard InChI is InChI=1S/C14H20.C7H14/c1-11-7-6-10-14(12(11)2)13-8-4-3-5-9-13;1-7-5-3-2-4-6-7/h6-7,10,13H,3-5,8-9H2,1-2H3;7H,2-6H2,1H3. The molecular formula is C21H34. The summed E-state index contributed by atoms with van der Waals surface area (Å²) in [5, 5.41) is 0. The van der Waals surface area contributed by atoms with Crippen LogP contribution in [0.1, 0.15) is 93.7 Å². The van der Waals surface area contributed by atoms with Crippen molar-refractivity contribution in [3.8, 4) is 0 Å². The summed E-state index contributed by atoms with van der Waals surface area (Å²) in [6.45, 7) is 6.86. The monoisotopic (exact) mass is 286 g/mol. The Morgan fingerprint density at radius 1 is 0.762 bits per heavy atom. The van der Waals surface area contributed by atoms with Crippen LogP contribution in [0.5, 0.6) is 0 Å². The average Bonchev–Trinajstić information content (AvgIpc) is 2.52. The van der Waals surface area contributed by atoms with Crippen molar-refractivity contribution in [3.05, 3.63) is 34.9 Å². The Kier molecular flexibility index (Phi) is 6.80. The van der Waals surface area contributed by atoms with Crippen molar-refractivity contribution in [1.29, 1.82) is 0 Å². The molecule has 0 atom stereocenters. The average molecular weight is 287 g/mol. The summed E-state index contributed by atoms with van der Waals surface area (Å²) < 4.78 is 0. The summed E-state index contributed by atoms with van der Waals surface area (Å²) >= 11 is 0. The van der Waals surface area contributed by atoms with E-state index in [4.69, 9.17) is 0 Å². The highest BCUT2D eigenvalue weighted by molar-refractivity contribution is 5.35. The minimum absolute atomic E-state index is 0.851. The zero-order valence-corrected chi connectivity index (χ0v) is 14.5. The zero-order valence-electron chi connectivity index (χ0n) is 14.5. The van der Waals surface area contributed by atoms with Crippen LogP contribution >= 0.6 is 0 Å². The quantitative estimate of drug-likeness (QED) is 0.524. The SMILES string of the molecule is CC1CCCCC1.Cc1cccc(C2CCCCC2)c1C. The van der Waals surface area contributed by atoms with Gasteiger partial charge in [-0.25, -0.2) is 0 Å². The van der Waals surface area contributed by atoms with Gasteiger partial charge >= 0.3 is 0 Å². The van der Waals surface area contributed by atoms with Crippen molar-refractivity contribution in [1.82, 2.24) is 0 Å². The second-order valence-corrected chi connectivity index (χ2v) is 7.37. The molecule has 2 aliphatic carbocycles. The molecule has 0 aromatic heterocycles. The van der Waals surface area contributed by atoms with Gasteiger partial charge in [-0.15, -0.1) is 0 Å². The van der Waals surface area contributed by atoms with E-state index < -0.39 is 0 Å². The van der Waals surface area contributed by atoms with E-state index in [0.717, 1.165) is 11.8 Å². The molecule has 118 valence electrons. The molecule has 0 saturated heterocycles. The van der Waals surface area contributed by atoms with E-state index in [1.54, 1.807) is 5.56 Å². The van der Waals surface area contributed by atoms with E-state index in [9.17, 15) is 0 Å². The van der Waals surface area contributed by atoms with Crippen LogP contribution in [0.25, 0.3) is 0 Å². The van der Waals surface area contributed by atoms with Crippen molar-refractivity contribution in [2.45, 2.75) is 90.9 Å². The van der Waals surface area contributed by atoms with Crippen LogP contribution in [0.15, 0.2) is 18.2 Å². The summed E-state index contributed by atoms with van der Waals surface area (Å²) in [4.78, 5) is 0. The maximum atomic E-state index is 2.36. The molecule has 0 radical (unpaired) electrons. The third kappa shape index (κ3) is 5.16. The van der Waals surface area contributed by atoms with Crippen LogP contribution < -0.4 is 0 Å². The molecule has 1 aromatic carbocycles. The molecule has 0 nitrogen and oxygen atoms in total. The van der Waals surface area contributed by atoms with Gasteiger partial charge in [0.05, 0.1) is 0 Å². The first kappa shape index (κ1) is 16.6. The second-order valence-electron chi connectivity index (χ2n) is 7.37. The molecule has 0 aliphatic heterocycles. The van der Waals surface area contributed by atoms with Crippen molar-refractivity contribution >= 4 is 0 Å². The van der Waals surface area contributed by atoms with Crippen LogP contribution in [0, 0.1) is 19.8 Å². The molecule has 3 rings (SSSR count). The molecule has 0 heterocycles. The van der Waals surface area contributed by atoms with Gasteiger partial charge in [0, 0.05) is 0 Å². The molecule has 0 N–H and O–H groups in total. The fourth-order valence-corrected chi connectivity index (χ4v) is 3.94. The topological polar surface area (TPSA) is 0 Å². The van der Waals surface area contributed by atoms with Crippen molar-refractivity contribution in [2.75, 3.05) is 0 Å². The number of hydrogen-bond acceptors (Lipinski definition) is 0. The van der Waals surface area contributed by atoms with Crippen LogP contribution in [0.2, 0.25) is 0 Å². The predicted molar refractivity (Wildman–Crippen MR) is 94.0 cm³/mol. The van der Waals surface area contributed by atoms with Gasteiger partial charge in [-0.2, -0.15) is 0 Å². The van der Waals surface area contributed by atoms with E-state index in [1.165, 1.54) is 75.3 Å². The van der Waals surface area contributed by atoms with Crippen LogP contribution in [0.3, 0.4) is 0 Å². The number of rotatable bonds is 1. The van der Waals surface area contributed by atoms with Crippen LogP contribution in [-0.2, 0) is 0 Å². The lowest BCUT2D eigenvalue weighted by atomic mass is 9.81. The molecule has 0 amide bonds. The fourth-order valence-electron chi connectivity index (χ4n) is 3.94. The lowest BCUT2D eigenvalue weighted by Gasteiger charge is -2.24. The van der Waals surface area contributed by atoms with E-state index in [-0.39, 0.29) is 0 Å². The minimum Gasteiger partial charge on any atom is -0.0625 e. The molecule has 2 saturated carbocycles. The first-order valence-corrected chi connectivity index (χ1v) is 9.24. The first-order chi connectivity index (χ1) is 10.2. The Balaban J connectivity index is 0.000000194. The van der Waals surface area contributed by atoms with E-state index in [1.807, 2.05) is 0 Å². The van der Waals surface area contributed by atoms with E-state index in [0.29, 0.717) is 0 Å². The van der Waals surface area contributed by atoms with Gasteiger partial charge in [0.25, 0.3) is 0 Å². The van der Waals surface area contributed by atoms with Gasteiger partial charge in [-0.05, 0) is 55.2 Å². The number of benzene rings is 1. The Morgan fingerprint density at radius 3 is 1.86 bits per heavy atom. The third-order valence-electron chi connectivity index (χ3n) is 5.59. The largest absolute Gasteiger partial charge is 0.0625 e. The summed E-state index contributed by atoms with van der Waals surface area (Å²) in [7, 11) is 0. The van der Waals surface area contributed by atoms with Gasteiger partial charge in [-0.1, -0.05) is 76.5 Å². The summed E-state index contributed by atoms with van der Waals surface area (Å²) in [6.07, 6.45) is 14.6. The van der Waals surface area contributed by atoms with Crippen molar-refractivity contribution in [2.24, 2.45) is 5.92 Å². The molecule has 2 fully saturated rings. The Bertz CT molecular complexity index is 406. The van der Waals surface area contributed by atoms with Crippen LogP contribution in [-0.4, -0.2) is 0 Å². The zero-order chi connectivity index (χ0) is 15.1. The van der Waals surface area contributed by atoms with Gasteiger partial charge in [-0.3, -0.25) is 0 Å². The summed E-state index contributed by atoms with van der Waals surface area (Å²) in [5.74, 6) is 1.89. The van der Waals surface area contributed by atoms with Gasteiger partial charge in [0.15, 0.2) is 0 Å². The first-order valence-electron chi connectivity index (χ1n) is 9.24. The lowest BCUT2D eigenvalue weighted by molar-refractivity contribution is 0.385. The van der Waals surface area contributed by atoms with Crippen molar-refractivity contribution < 1.29 is 0 Å². The second kappa shape index (κ2) is 8.61. The predicted octanol–water partition coefficient (Wildman–Crippen LogP) is 6.94. The van der Waals surface area contributed by atoms with Crippen LogP contribution in [0.4, 0.5) is 0 Å². The Morgan fingerprint density at radius 2 is 1.33 bits per heavy atom. The normalized spacial score (nSPS) is 20.7. The molecule has 0 unspecified atom stereocenters. The molecule has 0 heteroatoms. The molecule has 2 aliphatic rings. The molecular weight excluding hydrogens is 252 g/mol. The van der Waals surface area contributed by atoms with E-state index >= 15 is 0 Å². The summed E-state index contributed by atoms with van der Waals surface area (Å²) in [5.41, 5.74) is 4.59. The third-order valence-corrected chi connectivity index (χ3v) is 5.59. The molecule has 21 heavy (non-hydrogen) atoms. The smallest absolute Gasteiger partial charge is 0.0159 e. The van der Waals surface area contributed by atoms with Gasteiger partial charge in [0.2, 0.25) is 0 Å². The maximum Gasteiger partial charge on any atom is -0.0159 e. The van der Waals surface area contributed by atoms with Gasteiger partial charge in [0.1, 0.15) is 0 Å². The maximum absolute atomic E-state index is 2.36. The van der Waals surface area contributed by atoms with E-state index in [2.05, 4.69) is 39.0 Å². The number of hydrogen-bond donors (Lipinski definition) is 0. The lowest BCUT2D eigenvalue weighted by Crippen LogP contribution is -2.06. The molecule has 0 bridgehead atoms. The Labute approximate surface area is 132 Å². The summed E-state index contributed by atoms with van der Waals surface area (Å²) in [6, 6.07) is 6.77. The minimum atomic E-state index is 0.851. The highest BCUT2D eigenvalue weighted by Crippen LogP contribution is 2.34. The number of aryl methyl sites for hydroxylation is 1. The van der Waals surface area contributed by atoms with Crippen molar-refractivity contribution in [3.63, 3.8) is 0 Å². The fraction of sp³-hybridized carbons (Fsp3) is 0.714. The highest BCUT2D eigenvalue weighted by Gasteiger charge is 2.17. The Hall–Kier alpha value is -0.780.